The number of amides is 3. The smallest absolute Gasteiger partial charge is 0.252 e. The van der Waals surface area contributed by atoms with Crippen LogP contribution in [0.5, 0.6) is 0 Å². The molecule has 0 atom stereocenters. The maximum absolute atomic E-state index is 12.0. The van der Waals surface area contributed by atoms with Crippen molar-refractivity contribution in [2.75, 3.05) is 18.4 Å². The van der Waals surface area contributed by atoms with Gasteiger partial charge in [-0.15, -0.1) is 0 Å². The lowest BCUT2D eigenvalue weighted by molar-refractivity contribution is -0.114. The second-order valence-corrected chi connectivity index (χ2v) is 5.66. The first-order valence-corrected chi connectivity index (χ1v) is 8.04. The lowest BCUT2D eigenvalue weighted by Gasteiger charge is -2.09. The molecule has 0 unspecified atom stereocenters. The summed E-state index contributed by atoms with van der Waals surface area (Å²) in [5.41, 5.74) is 1.48. The van der Waals surface area contributed by atoms with Crippen molar-refractivity contribution in [2.45, 2.75) is 6.92 Å². The van der Waals surface area contributed by atoms with Crippen molar-refractivity contribution < 1.29 is 14.4 Å². The van der Waals surface area contributed by atoms with Crippen LogP contribution >= 0.6 is 11.6 Å². The molecule has 0 aromatic heterocycles. The molecular weight excluding hydrogens is 342 g/mol. The van der Waals surface area contributed by atoms with Gasteiger partial charge in [-0.1, -0.05) is 23.7 Å². The van der Waals surface area contributed by atoms with Gasteiger partial charge in [0, 0.05) is 31.3 Å². The van der Waals surface area contributed by atoms with Gasteiger partial charge in [0.05, 0.1) is 10.6 Å². The van der Waals surface area contributed by atoms with Crippen molar-refractivity contribution in [3.8, 4) is 0 Å². The van der Waals surface area contributed by atoms with Crippen LogP contribution in [0, 0.1) is 0 Å². The molecule has 3 amide bonds. The zero-order valence-corrected chi connectivity index (χ0v) is 14.4. The normalized spacial score (nSPS) is 10.0. The minimum atomic E-state index is -0.292. The molecule has 0 saturated carbocycles. The van der Waals surface area contributed by atoms with Crippen molar-refractivity contribution in [1.82, 2.24) is 10.6 Å². The summed E-state index contributed by atoms with van der Waals surface area (Å²) >= 11 is 5.95. The first-order chi connectivity index (χ1) is 12.0. The van der Waals surface area contributed by atoms with Crippen LogP contribution < -0.4 is 16.0 Å². The molecule has 25 heavy (non-hydrogen) atoms. The summed E-state index contributed by atoms with van der Waals surface area (Å²) in [5.74, 6) is -0.729. The zero-order valence-electron chi connectivity index (χ0n) is 13.6. The van der Waals surface area contributed by atoms with Gasteiger partial charge in [-0.2, -0.15) is 0 Å². The van der Waals surface area contributed by atoms with Gasteiger partial charge >= 0.3 is 0 Å². The van der Waals surface area contributed by atoms with E-state index in [1.165, 1.54) is 6.92 Å². The second kappa shape index (κ2) is 8.84. The van der Waals surface area contributed by atoms with E-state index >= 15 is 0 Å². The van der Waals surface area contributed by atoms with Crippen LogP contribution in [0.15, 0.2) is 48.5 Å². The fourth-order valence-corrected chi connectivity index (χ4v) is 2.32. The summed E-state index contributed by atoms with van der Waals surface area (Å²) in [6.45, 7) is 1.97. The number of carbonyl (C=O) groups is 3. The minimum absolute atomic E-state index is 0.175. The fraction of sp³-hybridized carbons (Fsp3) is 0.167. The summed E-state index contributed by atoms with van der Waals surface area (Å²) in [4.78, 5) is 34.9. The largest absolute Gasteiger partial charge is 0.350 e. The molecule has 0 saturated heterocycles. The molecule has 0 bridgehead atoms. The molecule has 3 N–H and O–H groups in total. The Morgan fingerprint density at radius 1 is 0.880 bits per heavy atom. The van der Waals surface area contributed by atoms with E-state index in [4.69, 9.17) is 11.6 Å². The number of halogens is 1. The molecule has 2 rings (SSSR count). The zero-order chi connectivity index (χ0) is 18.2. The highest BCUT2D eigenvalue weighted by molar-refractivity contribution is 6.33. The number of hydrogen-bond acceptors (Lipinski definition) is 3. The Morgan fingerprint density at radius 3 is 2.08 bits per heavy atom. The van der Waals surface area contributed by atoms with Gasteiger partial charge in [-0.25, -0.2) is 0 Å². The van der Waals surface area contributed by atoms with E-state index < -0.39 is 0 Å². The lowest BCUT2D eigenvalue weighted by atomic mass is 10.2. The fourth-order valence-electron chi connectivity index (χ4n) is 2.10. The Hall–Kier alpha value is -2.86. The molecule has 0 spiro atoms. The molecule has 6 nitrogen and oxygen atoms in total. The highest BCUT2D eigenvalue weighted by atomic mass is 35.5. The van der Waals surface area contributed by atoms with Gasteiger partial charge in [-0.3, -0.25) is 14.4 Å². The third kappa shape index (κ3) is 5.61. The van der Waals surface area contributed by atoms with E-state index in [0.717, 1.165) is 0 Å². The Morgan fingerprint density at radius 2 is 1.48 bits per heavy atom. The molecule has 130 valence electrons. The molecular formula is C18H18ClN3O3. The van der Waals surface area contributed by atoms with Crippen LogP contribution in [0.4, 0.5) is 5.69 Å². The predicted octanol–water partition coefficient (Wildman–Crippen LogP) is 2.46. The minimum Gasteiger partial charge on any atom is -0.350 e. The standard InChI is InChI=1S/C18H18ClN3O3/c1-12(23)22-14-8-6-13(7-9-14)17(24)20-10-11-21-18(25)15-4-2-3-5-16(15)19/h2-9H,10-11H2,1H3,(H,20,24)(H,21,25)(H,22,23). The number of hydrogen-bond donors (Lipinski definition) is 3. The predicted molar refractivity (Wildman–Crippen MR) is 96.9 cm³/mol. The SMILES string of the molecule is CC(=O)Nc1ccc(C(=O)NCCNC(=O)c2ccccc2Cl)cc1. The average Bonchev–Trinajstić information content (AvgIpc) is 2.59. The number of nitrogens with one attached hydrogen (secondary N) is 3. The maximum atomic E-state index is 12.0. The van der Waals surface area contributed by atoms with Crippen molar-refractivity contribution in [2.24, 2.45) is 0 Å². The van der Waals surface area contributed by atoms with Crippen LogP contribution in [0.1, 0.15) is 27.6 Å². The van der Waals surface area contributed by atoms with Crippen LogP contribution in [0.25, 0.3) is 0 Å². The van der Waals surface area contributed by atoms with Crippen molar-refractivity contribution in [3.05, 3.63) is 64.7 Å². The van der Waals surface area contributed by atoms with E-state index in [1.807, 2.05) is 0 Å². The Balaban J connectivity index is 1.78. The molecule has 0 aliphatic carbocycles. The Kier molecular flexibility index (Phi) is 6.54. The molecule has 2 aromatic rings. The number of anilines is 1. The maximum Gasteiger partial charge on any atom is 0.252 e. The van der Waals surface area contributed by atoms with Gasteiger partial charge in [0.25, 0.3) is 11.8 Å². The van der Waals surface area contributed by atoms with Gasteiger partial charge in [0.1, 0.15) is 0 Å². The van der Waals surface area contributed by atoms with E-state index in [-0.39, 0.29) is 30.8 Å². The first-order valence-electron chi connectivity index (χ1n) is 7.66. The Labute approximate surface area is 150 Å². The third-order valence-corrected chi connectivity index (χ3v) is 3.61. The third-order valence-electron chi connectivity index (χ3n) is 3.28. The molecule has 0 radical (unpaired) electrons. The van der Waals surface area contributed by atoms with E-state index in [2.05, 4.69) is 16.0 Å². The molecule has 7 heteroatoms. The van der Waals surface area contributed by atoms with Crippen molar-refractivity contribution in [1.29, 1.82) is 0 Å². The number of benzene rings is 2. The summed E-state index contributed by atoms with van der Waals surface area (Å²) in [5, 5.41) is 8.40. The van der Waals surface area contributed by atoms with Gasteiger partial charge in [0.15, 0.2) is 0 Å². The van der Waals surface area contributed by atoms with Gasteiger partial charge < -0.3 is 16.0 Å². The summed E-state index contributed by atoms with van der Waals surface area (Å²) in [6, 6.07) is 13.3. The summed E-state index contributed by atoms with van der Waals surface area (Å²) in [6.07, 6.45) is 0. The second-order valence-electron chi connectivity index (χ2n) is 5.25. The number of rotatable bonds is 6. The van der Waals surface area contributed by atoms with Crippen LogP contribution in [0.2, 0.25) is 5.02 Å². The monoisotopic (exact) mass is 359 g/mol. The van der Waals surface area contributed by atoms with Crippen LogP contribution in [-0.4, -0.2) is 30.8 Å². The van der Waals surface area contributed by atoms with Crippen molar-refractivity contribution in [3.63, 3.8) is 0 Å². The quantitative estimate of drug-likeness (QED) is 0.692. The van der Waals surface area contributed by atoms with Gasteiger partial charge in [-0.05, 0) is 36.4 Å². The average molecular weight is 360 g/mol. The van der Waals surface area contributed by atoms with Crippen LogP contribution in [-0.2, 0) is 4.79 Å². The van der Waals surface area contributed by atoms with Crippen molar-refractivity contribution >= 4 is 35.0 Å². The molecule has 0 heterocycles. The summed E-state index contributed by atoms with van der Waals surface area (Å²) in [7, 11) is 0. The highest BCUT2D eigenvalue weighted by Gasteiger charge is 2.09. The van der Waals surface area contributed by atoms with E-state index in [9.17, 15) is 14.4 Å². The molecule has 2 aromatic carbocycles. The van der Waals surface area contributed by atoms with E-state index in [1.54, 1.807) is 48.5 Å². The van der Waals surface area contributed by atoms with Gasteiger partial charge in [0.2, 0.25) is 5.91 Å². The first kappa shape index (κ1) is 18.5. The topological polar surface area (TPSA) is 87.3 Å². The van der Waals surface area contributed by atoms with E-state index in [0.29, 0.717) is 21.8 Å². The molecule has 0 aliphatic rings. The highest BCUT2D eigenvalue weighted by Crippen LogP contribution is 2.14. The molecule has 0 fully saturated rings. The number of carbonyl (C=O) groups excluding carboxylic acids is 3. The summed E-state index contributed by atoms with van der Waals surface area (Å²) < 4.78 is 0. The van der Waals surface area contributed by atoms with Crippen LogP contribution in [0.3, 0.4) is 0 Å². The molecule has 0 aliphatic heterocycles. The lowest BCUT2D eigenvalue weighted by Crippen LogP contribution is -2.34. The Bertz CT molecular complexity index is 775.